The Bertz CT molecular complexity index is 347. The number of carbonyl (C=O) groups excluding carboxylic acids is 2. The van der Waals surface area contributed by atoms with Gasteiger partial charge in [-0.25, -0.2) is 4.79 Å². The summed E-state index contributed by atoms with van der Waals surface area (Å²) in [6.45, 7) is 4.34. The lowest BCUT2D eigenvalue weighted by Gasteiger charge is -2.18. The van der Waals surface area contributed by atoms with E-state index in [1.165, 1.54) is 6.08 Å². The molecule has 0 bridgehead atoms. The van der Waals surface area contributed by atoms with Gasteiger partial charge < -0.3 is 20.3 Å². The second-order valence-electron chi connectivity index (χ2n) is 4.57. The fraction of sp³-hybridized carbons (Fsp3) is 0.667. The predicted molar refractivity (Wildman–Crippen MR) is 72.3 cm³/mol. The maximum absolute atomic E-state index is 11.5. The van der Waals surface area contributed by atoms with Crippen molar-refractivity contribution in [1.82, 2.24) is 10.5 Å². The Morgan fingerprint density at radius 1 is 1.74 bits per heavy atom. The van der Waals surface area contributed by atoms with Crippen molar-refractivity contribution in [3.8, 4) is 0 Å². The average molecular weight is 268 g/mol. The highest BCUT2D eigenvalue weighted by atomic mass is 16.5. The number of rotatable bonds is 7. The number of hydrogen-bond donors (Lipinski definition) is 3. The van der Waals surface area contributed by atoms with Crippen LogP contribution in [-0.2, 0) is 14.3 Å². The molecular weight excluding hydrogens is 247 g/mol. The molecule has 0 aromatic carbocycles. The molecule has 3 N–H and O–H groups in total. The van der Waals surface area contributed by atoms with Crippen LogP contribution in [0, 0.1) is 5.92 Å². The largest absolute Gasteiger partial charge is 0.463 e. The van der Waals surface area contributed by atoms with E-state index in [-0.39, 0.29) is 17.9 Å². The Morgan fingerprint density at radius 3 is 3.00 bits per heavy atom. The van der Waals surface area contributed by atoms with Crippen LogP contribution in [0.2, 0.25) is 6.82 Å². The maximum atomic E-state index is 11.5. The molecule has 0 aliphatic carbocycles. The van der Waals surface area contributed by atoms with E-state index in [1.807, 2.05) is 0 Å². The summed E-state index contributed by atoms with van der Waals surface area (Å²) < 4.78 is 4.79. The zero-order valence-corrected chi connectivity index (χ0v) is 11.4. The van der Waals surface area contributed by atoms with Gasteiger partial charge in [-0.3, -0.25) is 4.79 Å². The second kappa shape index (κ2) is 7.96. The van der Waals surface area contributed by atoms with Crippen LogP contribution in [0.5, 0.6) is 0 Å². The molecule has 1 heterocycles. The van der Waals surface area contributed by atoms with Crippen molar-refractivity contribution in [2.24, 2.45) is 5.92 Å². The van der Waals surface area contributed by atoms with Crippen molar-refractivity contribution in [3.05, 3.63) is 12.2 Å². The van der Waals surface area contributed by atoms with Crippen LogP contribution >= 0.6 is 0 Å². The summed E-state index contributed by atoms with van der Waals surface area (Å²) in [6.07, 6.45) is 4.30. The van der Waals surface area contributed by atoms with Crippen molar-refractivity contribution in [3.63, 3.8) is 0 Å². The number of amides is 1. The number of nitrogens with one attached hydrogen (secondary N) is 2. The average Bonchev–Trinajstić information content (AvgIpc) is 2.72. The minimum atomic E-state index is -0.707. The first-order chi connectivity index (χ1) is 9.02. The van der Waals surface area contributed by atoms with Crippen LogP contribution < -0.4 is 10.5 Å². The van der Waals surface area contributed by atoms with Gasteiger partial charge in [0.15, 0.2) is 0 Å². The topological polar surface area (TPSA) is 87.7 Å². The van der Waals surface area contributed by atoms with Crippen molar-refractivity contribution in [2.75, 3.05) is 13.2 Å². The van der Waals surface area contributed by atoms with Gasteiger partial charge in [0.1, 0.15) is 0 Å². The monoisotopic (exact) mass is 268 g/mol. The summed E-state index contributed by atoms with van der Waals surface area (Å²) in [4.78, 5) is 22.8. The Hall–Kier alpha value is -1.34. The quantitative estimate of drug-likeness (QED) is 0.335. The number of esters is 1. The first-order valence-corrected chi connectivity index (χ1v) is 6.59. The van der Waals surface area contributed by atoms with E-state index in [0.29, 0.717) is 19.6 Å². The van der Waals surface area contributed by atoms with Crippen LogP contribution in [-0.4, -0.2) is 43.1 Å². The van der Waals surface area contributed by atoms with Crippen LogP contribution in [0.25, 0.3) is 0 Å². The van der Waals surface area contributed by atoms with E-state index in [1.54, 1.807) is 19.8 Å². The summed E-state index contributed by atoms with van der Waals surface area (Å²) in [7, 11) is -0.707. The summed E-state index contributed by atoms with van der Waals surface area (Å²) in [5.41, 5.74) is 0. The van der Waals surface area contributed by atoms with E-state index in [2.05, 4.69) is 10.5 Å². The summed E-state index contributed by atoms with van der Waals surface area (Å²) in [5, 5.41) is 15.0. The Kier molecular flexibility index (Phi) is 6.59. The zero-order valence-electron chi connectivity index (χ0n) is 11.4. The Morgan fingerprint density at radius 2 is 2.47 bits per heavy atom. The van der Waals surface area contributed by atoms with Gasteiger partial charge in [-0.2, -0.15) is 0 Å². The SMILES string of the molecule is CCOC(=O)/C=C/C(CC1CCNC1=O)NB(C)O. The molecule has 0 radical (unpaired) electrons. The second-order valence-corrected chi connectivity index (χ2v) is 4.57. The van der Waals surface area contributed by atoms with Crippen molar-refractivity contribution < 1.29 is 19.3 Å². The van der Waals surface area contributed by atoms with Crippen molar-refractivity contribution in [1.29, 1.82) is 0 Å². The van der Waals surface area contributed by atoms with E-state index in [9.17, 15) is 14.6 Å². The first kappa shape index (κ1) is 15.7. The van der Waals surface area contributed by atoms with E-state index < -0.39 is 13.0 Å². The smallest absolute Gasteiger partial charge is 0.374 e. The molecule has 1 fully saturated rings. The van der Waals surface area contributed by atoms with Gasteiger partial charge in [0.2, 0.25) is 5.91 Å². The molecule has 0 spiro atoms. The number of ether oxygens (including phenoxy) is 1. The van der Waals surface area contributed by atoms with E-state index in [0.717, 1.165) is 6.42 Å². The molecule has 2 unspecified atom stereocenters. The third-order valence-electron chi connectivity index (χ3n) is 2.91. The molecule has 6 nitrogen and oxygen atoms in total. The standard InChI is InChI=1S/C12H21BN2O4/c1-3-19-11(16)5-4-10(15-13(2)18)8-9-6-7-14-12(9)17/h4-5,9-10,15,18H,3,6-8H2,1-2H3,(H,14,17)/b5-4+. The van der Waals surface area contributed by atoms with Gasteiger partial charge in [0, 0.05) is 24.6 Å². The number of carbonyl (C=O) groups is 2. The van der Waals surface area contributed by atoms with Crippen molar-refractivity contribution >= 4 is 18.9 Å². The molecule has 106 valence electrons. The molecule has 1 aliphatic heterocycles. The van der Waals surface area contributed by atoms with Crippen LogP contribution in [0.15, 0.2) is 12.2 Å². The fourth-order valence-electron chi connectivity index (χ4n) is 2.07. The lowest BCUT2D eigenvalue weighted by atomic mass is 9.85. The van der Waals surface area contributed by atoms with Crippen LogP contribution in [0.3, 0.4) is 0 Å². The fourth-order valence-corrected chi connectivity index (χ4v) is 2.07. The third-order valence-corrected chi connectivity index (χ3v) is 2.91. The molecule has 1 rings (SSSR count). The highest BCUT2D eigenvalue weighted by molar-refractivity contribution is 6.45. The molecule has 0 aromatic rings. The third kappa shape index (κ3) is 5.89. The molecule has 1 saturated heterocycles. The molecule has 2 atom stereocenters. The van der Waals surface area contributed by atoms with Crippen LogP contribution in [0.4, 0.5) is 0 Å². The first-order valence-electron chi connectivity index (χ1n) is 6.59. The lowest BCUT2D eigenvalue weighted by molar-refractivity contribution is -0.137. The van der Waals surface area contributed by atoms with E-state index >= 15 is 0 Å². The Balaban J connectivity index is 2.55. The summed E-state index contributed by atoms with van der Waals surface area (Å²) >= 11 is 0. The van der Waals surface area contributed by atoms with Gasteiger partial charge >= 0.3 is 13.0 Å². The molecule has 0 aromatic heterocycles. The van der Waals surface area contributed by atoms with Gasteiger partial charge in [-0.05, 0) is 26.6 Å². The highest BCUT2D eigenvalue weighted by Gasteiger charge is 2.27. The minimum absolute atomic E-state index is 0.0296. The molecule has 7 heteroatoms. The molecular formula is C12H21BN2O4. The Labute approximate surface area is 113 Å². The van der Waals surface area contributed by atoms with Crippen molar-refractivity contribution in [2.45, 2.75) is 32.6 Å². The molecule has 0 saturated carbocycles. The summed E-state index contributed by atoms with van der Waals surface area (Å²) in [6, 6.07) is -0.238. The number of hydrogen-bond acceptors (Lipinski definition) is 5. The normalized spacial score (nSPS) is 20.4. The molecule has 1 aliphatic rings. The lowest BCUT2D eigenvalue weighted by Crippen LogP contribution is -2.40. The van der Waals surface area contributed by atoms with Crippen LogP contribution in [0.1, 0.15) is 19.8 Å². The van der Waals surface area contributed by atoms with Gasteiger partial charge in [0.25, 0.3) is 0 Å². The highest BCUT2D eigenvalue weighted by Crippen LogP contribution is 2.16. The van der Waals surface area contributed by atoms with Gasteiger partial charge in [-0.15, -0.1) is 0 Å². The zero-order chi connectivity index (χ0) is 14.3. The van der Waals surface area contributed by atoms with Gasteiger partial charge in [0.05, 0.1) is 6.61 Å². The maximum Gasteiger partial charge on any atom is 0.374 e. The predicted octanol–water partition coefficient (Wildman–Crippen LogP) is -0.300. The van der Waals surface area contributed by atoms with E-state index in [4.69, 9.17) is 4.74 Å². The summed E-state index contributed by atoms with van der Waals surface area (Å²) in [5.74, 6) is -0.471. The van der Waals surface area contributed by atoms with Gasteiger partial charge in [-0.1, -0.05) is 6.08 Å². The molecule has 1 amide bonds. The molecule has 19 heavy (non-hydrogen) atoms. The minimum Gasteiger partial charge on any atom is -0.463 e.